The molecule has 0 N–H and O–H groups in total. The van der Waals surface area contributed by atoms with E-state index in [0.717, 1.165) is 46.5 Å². The first kappa shape index (κ1) is 26.7. The summed E-state index contributed by atoms with van der Waals surface area (Å²) in [6, 6.07) is 21.0. The average molecular weight is 597 g/mol. The van der Waals surface area contributed by atoms with Crippen LogP contribution >= 0.6 is 11.8 Å². The third-order valence-corrected chi connectivity index (χ3v) is 8.70. The Morgan fingerprint density at radius 2 is 1.21 bits per heavy atom. The summed E-state index contributed by atoms with van der Waals surface area (Å²) in [4.78, 5) is 16.8. The van der Waals surface area contributed by atoms with E-state index in [-0.39, 0.29) is 5.16 Å². The summed E-state index contributed by atoms with van der Waals surface area (Å²) in [5.74, 6) is 0. The van der Waals surface area contributed by atoms with E-state index in [4.69, 9.17) is 5.10 Å². The monoisotopic (exact) mass is 596 g/mol. The summed E-state index contributed by atoms with van der Waals surface area (Å²) in [6.45, 7) is 0. The first-order chi connectivity index (χ1) is 20.4. The van der Waals surface area contributed by atoms with Crippen molar-refractivity contribution in [1.82, 2.24) is 39.5 Å². The molecule has 4 aromatic heterocycles. The van der Waals surface area contributed by atoms with Crippen LogP contribution in [0.25, 0.3) is 44.6 Å². The fourth-order valence-corrected chi connectivity index (χ4v) is 5.85. The zero-order valence-electron chi connectivity index (χ0n) is 23.1. The Bertz CT molecular complexity index is 2050. The molecule has 212 valence electrons. The minimum atomic E-state index is -3.44. The van der Waals surface area contributed by atoms with Crippen molar-refractivity contribution in [1.29, 1.82) is 0 Å². The molecule has 0 aliphatic heterocycles. The molecule has 8 rings (SSSR count). The molecule has 4 heterocycles. The van der Waals surface area contributed by atoms with Gasteiger partial charge in [-0.15, -0.1) is 0 Å². The third kappa shape index (κ3) is 5.16. The molecule has 0 saturated heterocycles. The highest BCUT2D eigenvalue weighted by molar-refractivity contribution is 7.98. The van der Waals surface area contributed by atoms with E-state index < -0.39 is 9.84 Å². The van der Waals surface area contributed by atoms with E-state index in [0.29, 0.717) is 23.5 Å². The molecule has 2 aliphatic rings. The zero-order chi connectivity index (χ0) is 28.8. The maximum Gasteiger partial charge on any atom is 0.247 e. The quantitative estimate of drug-likeness (QED) is 0.174. The molecular weight excluding hydrogens is 569 g/mol. The molecule has 0 amide bonds. The number of fused-ring (bicyclic) bond motifs is 2. The molecule has 2 aliphatic carbocycles. The van der Waals surface area contributed by atoms with Gasteiger partial charge in [0, 0.05) is 29.4 Å². The van der Waals surface area contributed by atoms with Crippen molar-refractivity contribution in [2.45, 2.75) is 48.1 Å². The number of aromatic nitrogens is 8. The Morgan fingerprint density at radius 1 is 0.714 bits per heavy atom. The second kappa shape index (κ2) is 10.6. The summed E-state index contributed by atoms with van der Waals surface area (Å²) in [5.41, 5.74) is 5.36. The van der Waals surface area contributed by atoms with Crippen LogP contribution in [0.4, 0.5) is 0 Å². The predicted molar refractivity (Wildman–Crippen MR) is 163 cm³/mol. The van der Waals surface area contributed by atoms with Gasteiger partial charge in [-0.2, -0.15) is 10.2 Å². The SMILES string of the molecule is CS(=O)(=O)c1nccc(-c2nn(C3CC3)c3ccccc23)n1.CSc1nccc(-c2nn(C3CC3)c3ccccc23)n1. The number of para-hydroxylation sites is 2. The van der Waals surface area contributed by atoms with E-state index in [1.165, 1.54) is 29.9 Å². The van der Waals surface area contributed by atoms with E-state index in [2.05, 4.69) is 54.0 Å². The molecule has 12 heteroatoms. The molecule has 0 radical (unpaired) electrons. The van der Waals surface area contributed by atoms with Crippen molar-refractivity contribution in [3.8, 4) is 22.8 Å². The summed E-state index contributed by atoms with van der Waals surface area (Å²) in [6.07, 6.45) is 11.1. The van der Waals surface area contributed by atoms with Crippen molar-refractivity contribution in [2.75, 3.05) is 12.5 Å². The number of hydrogen-bond donors (Lipinski definition) is 0. The lowest BCUT2D eigenvalue weighted by atomic mass is 10.1. The van der Waals surface area contributed by atoms with Gasteiger partial charge in [-0.05, 0) is 56.2 Å². The molecule has 0 atom stereocenters. The molecule has 42 heavy (non-hydrogen) atoms. The Morgan fingerprint density at radius 3 is 1.71 bits per heavy atom. The number of hydrogen-bond acceptors (Lipinski definition) is 9. The molecule has 0 spiro atoms. The van der Waals surface area contributed by atoms with Crippen molar-refractivity contribution >= 4 is 43.4 Å². The molecule has 0 unspecified atom stereocenters. The topological polar surface area (TPSA) is 121 Å². The molecule has 2 fully saturated rings. The van der Waals surface area contributed by atoms with Gasteiger partial charge < -0.3 is 0 Å². The Kier molecular flexibility index (Phi) is 6.74. The molecular formula is C30H28N8O2S2. The first-order valence-corrected chi connectivity index (χ1v) is 16.9. The Labute approximate surface area is 247 Å². The largest absolute Gasteiger partial charge is 0.261 e. The molecule has 6 aromatic rings. The van der Waals surface area contributed by atoms with E-state index >= 15 is 0 Å². The highest BCUT2D eigenvalue weighted by Crippen LogP contribution is 2.40. The second-order valence-corrected chi connectivity index (χ2v) is 13.2. The summed E-state index contributed by atoms with van der Waals surface area (Å²) < 4.78 is 27.5. The average Bonchev–Trinajstić information content (AvgIpc) is 3.96. The summed E-state index contributed by atoms with van der Waals surface area (Å²) in [5, 5.41) is 12.3. The number of rotatable bonds is 6. The minimum Gasteiger partial charge on any atom is -0.261 e. The van der Waals surface area contributed by atoms with Crippen molar-refractivity contribution in [3.05, 3.63) is 73.1 Å². The smallest absolute Gasteiger partial charge is 0.247 e. The normalized spacial score (nSPS) is 15.1. The molecule has 2 saturated carbocycles. The predicted octanol–water partition coefficient (Wildman–Crippen LogP) is 5.78. The van der Waals surface area contributed by atoms with Gasteiger partial charge in [0.05, 0.1) is 34.5 Å². The van der Waals surface area contributed by atoms with E-state index in [1.54, 1.807) is 24.0 Å². The molecule has 0 bridgehead atoms. The van der Waals surface area contributed by atoms with Gasteiger partial charge in [-0.3, -0.25) is 9.36 Å². The van der Waals surface area contributed by atoms with Gasteiger partial charge >= 0.3 is 0 Å². The molecule has 10 nitrogen and oxygen atoms in total. The first-order valence-electron chi connectivity index (χ1n) is 13.8. The summed E-state index contributed by atoms with van der Waals surface area (Å²) >= 11 is 1.55. The highest BCUT2D eigenvalue weighted by Gasteiger charge is 2.29. The van der Waals surface area contributed by atoms with Crippen LogP contribution in [0, 0.1) is 0 Å². The van der Waals surface area contributed by atoms with Gasteiger partial charge in [-0.25, -0.2) is 28.4 Å². The minimum absolute atomic E-state index is 0.171. The van der Waals surface area contributed by atoms with Gasteiger partial charge in [0.1, 0.15) is 11.4 Å². The standard InChI is InChI=1S/C15H14N4O2S.C15H14N4S/c1-22(20,21)15-16-9-8-12(17-15)14-11-4-2-3-5-13(11)19(18-14)10-6-7-10;1-20-15-16-9-8-12(17-15)14-11-4-2-3-5-13(11)19(18-14)10-6-7-10/h2-5,8-10H,6-7H2,1H3;2-5,8-10H,6-7H2,1H3. The van der Waals surface area contributed by atoms with Crippen LogP contribution < -0.4 is 0 Å². The third-order valence-electron chi connectivity index (χ3n) is 7.28. The number of nitrogens with zero attached hydrogens (tertiary/aromatic N) is 8. The number of benzene rings is 2. The fourth-order valence-electron chi connectivity index (χ4n) is 4.97. The van der Waals surface area contributed by atoms with Crippen LogP contribution in [0.1, 0.15) is 37.8 Å². The number of sulfone groups is 1. The molecule has 2 aromatic carbocycles. The lowest BCUT2D eigenvalue weighted by molar-refractivity contribution is 0.593. The van der Waals surface area contributed by atoms with Crippen molar-refractivity contribution in [3.63, 3.8) is 0 Å². The number of thioether (sulfide) groups is 1. The summed E-state index contributed by atoms with van der Waals surface area (Å²) in [7, 11) is -3.44. The van der Waals surface area contributed by atoms with Crippen molar-refractivity contribution < 1.29 is 8.42 Å². The van der Waals surface area contributed by atoms with E-state index in [9.17, 15) is 8.42 Å². The van der Waals surface area contributed by atoms with Crippen LogP contribution in [0.15, 0.2) is 83.4 Å². The van der Waals surface area contributed by atoms with Crippen LogP contribution in [-0.2, 0) is 9.84 Å². The second-order valence-electron chi connectivity index (χ2n) is 10.5. The van der Waals surface area contributed by atoms with Crippen LogP contribution in [-0.4, -0.2) is 60.4 Å². The highest BCUT2D eigenvalue weighted by atomic mass is 32.2. The van der Waals surface area contributed by atoms with E-state index in [1.807, 2.05) is 41.3 Å². The fraction of sp³-hybridized carbons (Fsp3) is 0.267. The van der Waals surface area contributed by atoms with Gasteiger partial charge in [0.2, 0.25) is 15.0 Å². The van der Waals surface area contributed by atoms with Gasteiger partial charge in [0.25, 0.3) is 0 Å². The lowest BCUT2D eigenvalue weighted by Gasteiger charge is -2.00. The maximum absolute atomic E-state index is 11.7. The Hall–Kier alpha value is -4.16. The van der Waals surface area contributed by atoms with Gasteiger partial charge in [0.15, 0.2) is 5.16 Å². The maximum atomic E-state index is 11.7. The van der Waals surface area contributed by atoms with Crippen LogP contribution in [0.2, 0.25) is 0 Å². The van der Waals surface area contributed by atoms with Crippen molar-refractivity contribution in [2.24, 2.45) is 0 Å². The van der Waals surface area contributed by atoms with Crippen LogP contribution in [0.5, 0.6) is 0 Å². The van der Waals surface area contributed by atoms with Gasteiger partial charge in [-0.1, -0.05) is 48.2 Å². The van der Waals surface area contributed by atoms with Crippen LogP contribution in [0.3, 0.4) is 0 Å². The zero-order valence-corrected chi connectivity index (χ0v) is 24.8. The Balaban J connectivity index is 0.000000138. The lowest BCUT2D eigenvalue weighted by Crippen LogP contribution is -2.04.